The van der Waals surface area contributed by atoms with Crippen molar-refractivity contribution < 1.29 is 9.50 Å². The molecular formula is C13H18FNO. The zero-order valence-corrected chi connectivity index (χ0v) is 9.40. The molecule has 0 saturated heterocycles. The summed E-state index contributed by atoms with van der Waals surface area (Å²) >= 11 is 0. The summed E-state index contributed by atoms with van der Waals surface area (Å²) in [5.74, 6) is 0.215. The molecule has 0 radical (unpaired) electrons. The minimum atomic E-state index is -0.564. The van der Waals surface area contributed by atoms with E-state index in [4.69, 9.17) is 0 Å². The van der Waals surface area contributed by atoms with Crippen molar-refractivity contribution in [3.8, 4) is 0 Å². The maximum atomic E-state index is 12.9. The molecule has 1 aliphatic carbocycles. The molecule has 1 aromatic rings. The number of hydrogen-bond acceptors (Lipinski definition) is 2. The fourth-order valence-electron chi connectivity index (χ4n) is 2.49. The topological polar surface area (TPSA) is 33.1 Å². The number of aliphatic hydroxyl groups excluding tert-OH is 1. The van der Waals surface area contributed by atoms with Gasteiger partial charge in [0.05, 0.1) is 12.3 Å². The number of hydrogen-bond donors (Lipinski definition) is 1. The lowest BCUT2D eigenvalue weighted by Gasteiger charge is -2.24. The third kappa shape index (κ3) is 3.01. The van der Waals surface area contributed by atoms with Gasteiger partial charge in [0.1, 0.15) is 5.82 Å². The van der Waals surface area contributed by atoms with Crippen LogP contribution in [0.2, 0.25) is 0 Å². The van der Waals surface area contributed by atoms with Crippen LogP contribution in [0.15, 0.2) is 18.5 Å². The molecule has 0 amide bonds. The Morgan fingerprint density at radius 2 is 2.06 bits per heavy atom. The maximum Gasteiger partial charge on any atom is 0.141 e. The van der Waals surface area contributed by atoms with Crippen LogP contribution < -0.4 is 0 Å². The van der Waals surface area contributed by atoms with E-state index < -0.39 is 6.10 Å². The highest BCUT2D eigenvalue weighted by Gasteiger charge is 2.18. The minimum absolute atomic E-state index is 0.375. The van der Waals surface area contributed by atoms with Crippen LogP contribution in [0.4, 0.5) is 4.39 Å². The number of aliphatic hydroxyl groups is 1. The summed E-state index contributed by atoms with van der Waals surface area (Å²) < 4.78 is 12.9. The number of aromatic nitrogens is 1. The molecule has 1 N–H and O–H groups in total. The largest absolute Gasteiger partial charge is 0.388 e. The van der Waals surface area contributed by atoms with E-state index >= 15 is 0 Å². The molecule has 0 bridgehead atoms. The highest BCUT2D eigenvalue weighted by molar-refractivity contribution is 5.13. The fraction of sp³-hybridized carbons (Fsp3) is 0.615. The molecule has 1 aliphatic rings. The minimum Gasteiger partial charge on any atom is -0.388 e. The first-order chi connectivity index (χ1) is 7.75. The molecule has 1 unspecified atom stereocenters. The predicted molar refractivity (Wildman–Crippen MR) is 60.3 cm³/mol. The van der Waals surface area contributed by atoms with Crippen LogP contribution in [0.25, 0.3) is 0 Å². The monoisotopic (exact) mass is 223 g/mol. The van der Waals surface area contributed by atoms with E-state index in [-0.39, 0.29) is 5.82 Å². The summed E-state index contributed by atoms with van der Waals surface area (Å²) in [6.45, 7) is 0. The third-order valence-corrected chi connectivity index (χ3v) is 3.39. The zero-order valence-electron chi connectivity index (χ0n) is 9.40. The molecule has 16 heavy (non-hydrogen) atoms. The Hall–Kier alpha value is -0.960. The molecule has 1 heterocycles. The molecule has 88 valence electrons. The van der Waals surface area contributed by atoms with Crippen molar-refractivity contribution in [1.82, 2.24) is 4.98 Å². The normalized spacial score (nSPS) is 19.6. The van der Waals surface area contributed by atoms with E-state index in [9.17, 15) is 9.50 Å². The molecule has 1 atom stereocenters. The second kappa shape index (κ2) is 5.39. The first kappa shape index (κ1) is 11.5. The van der Waals surface area contributed by atoms with E-state index in [1.54, 1.807) is 6.20 Å². The van der Waals surface area contributed by atoms with Crippen molar-refractivity contribution in [1.29, 1.82) is 0 Å². The summed E-state index contributed by atoms with van der Waals surface area (Å²) in [7, 11) is 0. The Balaban J connectivity index is 1.94. The molecule has 1 fully saturated rings. The maximum absolute atomic E-state index is 12.9. The molecule has 2 rings (SSSR count). The van der Waals surface area contributed by atoms with Crippen molar-refractivity contribution >= 4 is 0 Å². The molecular weight excluding hydrogens is 205 g/mol. The van der Waals surface area contributed by atoms with Crippen LogP contribution in [0, 0.1) is 11.7 Å². The van der Waals surface area contributed by atoms with Gasteiger partial charge in [-0.1, -0.05) is 32.1 Å². The van der Waals surface area contributed by atoms with Gasteiger partial charge < -0.3 is 5.11 Å². The van der Waals surface area contributed by atoms with Crippen molar-refractivity contribution in [2.45, 2.75) is 44.6 Å². The smallest absolute Gasteiger partial charge is 0.141 e. The third-order valence-electron chi connectivity index (χ3n) is 3.39. The number of halogens is 1. The highest BCUT2D eigenvalue weighted by Crippen LogP contribution is 2.31. The van der Waals surface area contributed by atoms with Crippen molar-refractivity contribution in [3.05, 3.63) is 29.8 Å². The summed E-state index contributed by atoms with van der Waals surface area (Å²) in [6, 6.07) is 1.38. The van der Waals surface area contributed by atoms with E-state index in [1.807, 2.05) is 0 Å². The zero-order chi connectivity index (χ0) is 11.4. The van der Waals surface area contributed by atoms with Crippen LogP contribution in [0.1, 0.15) is 50.2 Å². The fourth-order valence-corrected chi connectivity index (χ4v) is 2.49. The SMILES string of the molecule is OC(CC1CCCCC1)c1cncc(F)c1. The van der Waals surface area contributed by atoms with Gasteiger partial charge in [-0.15, -0.1) is 0 Å². The molecule has 2 nitrogen and oxygen atoms in total. The van der Waals surface area contributed by atoms with Gasteiger partial charge in [-0.05, 0) is 18.4 Å². The Morgan fingerprint density at radius 3 is 2.75 bits per heavy atom. The molecule has 0 aliphatic heterocycles. The molecule has 3 heteroatoms. The highest BCUT2D eigenvalue weighted by atomic mass is 19.1. The van der Waals surface area contributed by atoms with Gasteiger partial charge in [0.25, 0.3) is 0 Å². The lowest BCUT2D eigenvalue weighted by Crippen LogP contribution is -2.11. The lowest BCUT2D eigenvalue weighted by molar-refractivity contribution is 0.130. The van der Waals surface area contributed by atoms with Gasteiger partial charge >= 0.3 is 0 Å². The van der Waals surface area contributed by atoms with Crippen molar-refractivity contribution in [3.63, 3.8) is 0 Å². The summed E-state index contributed by atoms with van der Waals surface area (Å²) in [5.41, 5.74) is 0.602. The summed E-state index contributed by atoms with van der Waals surface area (Å²) in [5, 5.41) is 9.99. The first-order valence-electron chi connectivity index (χ1n) is 6.04. The summed E-state index contributed by atoms with van der Waals surface area (Å²) in [4.78, 5) is 3.76. The summed E-state index contributed by atoms with van der Waals surface area (Å²) in [6.07, 6.45) is 9.12. The molecule has 0 aromatic carbocycles. The Morgan fingerprint density at radius 1 is 1.31 bits per heavy atom. The van der Waals surface area contributed by atoms with Crippen molar-refractivity contribution in [2.75, 3.05) is 0 Å². The average Bonchev–Trinajstić information content (AvgIpc) is 2.30. The molecule has 1 aromatic heterocycles. The van der Waals surface area contributed by atoms with Gasteiger partial charge in [-0.2, -0.15) is 0 Å². The predicted octanol–water partition coefficient (Wildman–Crippen LogP) is 3.22. The van der Waals surface area contributed by atoms with Crippen LogP contribution in [-0.4, -0.2) is 10.1 Å². The van der Waals surface area contributed by atoms with Gasteiger partial charge in [-0.25, -0.2) is 4.39 Å². The van der Waals surface area contributed by atoms with E-state index in [2.05, 4.69) is 4.98 Å². The van der Waals surface area contributed by atoms with Gasteiger partial charge in [0, 0.05) is 11.8 Å². The van der Waals surface area contributed by atoms with E-state index in [1.165, 1.54) is 38.2 Å². The quantitative estimate of drug-likeness (QED) is 0.853. The standard InChI is InChI=1S/C13H18FNO/c14-12-7-11(8-15-9-12)13(16)6-10-4-2-1-3-5-10/h7-10,13,16H,1-6H2. The van der Waals surface area contributed by atoms with E-state index in [0.29, 0.717) is 11.5 Å². The van der Waals surface area contributed by atoms with Crippen LogP contribution >= 0.6 is 0 Å². The first-order valence-corrected chi connectivity index (χ1v) is 6.04. The van der Waals surface area contributed by atoms with Gasteiger partial charge in [-0.3, -0.25) is 4.98 Å². The van der Waals surface area contributed by atoms with Crippen LogP contribution in [-0.2, 0) is 0 Å². The lowest BCUT2D eigenvalue weighted by atomic mass is 9.84. The number of pyridine rings is 1. The van der Waals surface area contributed by atoms with Crippen molar-refractivity contribution in [2.24, 2.45) is 5.92 Å². The Bertz CT molecular complexity index is 336. The molecule has 0 spiro atoms. The number of rotatable bonds is 3. The number of nitrogens with zero attached hydrogens (tertiary/aromatic N) is 1. The Labute approximate surface area is 95.5 Å². The Kier molecular flexibility index (Phi) is 3.88. The van der Waals surface area contributed by atoms with Crippen LogP contribution in [0.5, 0.6) is 0 Å². The second-order valence-corrected chi connectivity index (χ2v) is 4.69. The van der Waals surface area contributed by atoms with Crippen LogP contribution in [0.3, 0.4) is 0 Å². The second-order valence-electron chi connectivity index (χ2n) is 4.69. The molecule has 1 saturated carbocycles. The van der Waals surface area contributed by atoms with E-state index in [0.717, 1.165) is 12.6 Å². The van der Waals surface area contributed by atoms with Gasteiger partial charge in [0.2, 0.25) is 0 Å². The average molecular weight is 223 g/mol. The van der Waals surface area contributed by atoms with Gasteiger partial charge in [0.15, 0.2) is 0 Å².